The van der Waals surface area contributed by atoms with E-state index in [0.717, 1.165) is 50.8 Å². The lowest BCUT2D eigenvalue weighted by Gasteiger charge is -2.37. The monoisotopic (exact) mass is 513 g/mol. The molecule has 2 heterocycles. The molecule has 1 aliphatic heterocycles. The van der Waals surface area contributed by atoms with Gasteiger partial charge in [-0.2, -0.15) is 0 Å². The Morgan fingerprint density at radius 3 is 2.43 bits per heavy atom. The molecule has 2 aromatic rings. The van der Waals surface area contributed by atoms with E-state index < -0.39 is 0 Å². The fourth-order valence-electron chi connectivity index (χ4n) is 3.20. The Hall–Kier alpha value is -1.81. The van der Waals surface area contributed by atoms with E-state index in [1.165, 1.54) is 17.5 Å². The molecular weight excluding hydrogens is 485 g/mol. The summed E-state index contributed by atoms with van der Waals surface area (Å²) < 4.78 is 0. The molecule has 1 aliphatic rings. The summed E-state index contributed by atoms with van der Waals surface area (Å²) in [5.41, 5.74) is 2.06. The Morgan fingerprint density at radius 1 is 1.14 bits per heavy atom. The van der Waals surface area contributed by atoms with Gasteiger partial charge in [0.15, 0.2) is 5.96 Å². The van der Waals surface area contributed by atoms with Gasteiger partial charge in [-0.05, 0) is 41.6 Å². The molecule has 3 rings (SSSR count). The van der Waals surface area contributed by atoms with Crippen molar-refractivity contribution in [3.63, 3.8) is 0 Å². The van der Waals surface area contributed by atoms with Gasteiger partial charge >= 0.3 is 0 Å². The van der Waals surface area contributed by atoms with Crippen molar-refractivity contribution in [1.29, 1.82) is 0 Å². The van der Waals surface area contributed by atoms with Gasteiger partial charge in [-0.25, -0.2) is 0 Å². The van der Waals surface area contributed by atoms with Gasteiger partial charge < -0.3 is 20.4 Å². The summed E-state index contributed by atoms with van der Waals surface area (Å²) in [6.45, 7) is 6.34. The zero-order valence-electron chi connectivity index (χ0n) is 16.4. The van der Waals surface area contributed by atoms with E-state index in [0.29, 0.717) is 0 Å². The second-order valence-electron chi connectivity index (χ2n) is 6.53. The van der Waals surface area contributed by atoms with Crippen molar-refractivity contribution < 1.29 is 4.79 Å². The highest BCUT2D eigenvalue weighted by atomic mass is 127. The minimum absolute atomic E-state index is 0. The first-order chi connectivity index (χ1) is 13.2. The fraction of sp³-hybridized carbons (Fsp3) is 0.400. The summed E-state index contributed by atoms with van der Waals surface area (Å²) in [5, 5.41) is 9.74. The predicted molar refractivity (Wildman–Crippen MR) is 129 cm³/mol. The molecule has 0 unspecified atom stereocenters. The smallest absolute Gasteiger partial charge is 0.221 e. The number of guanidine groups is 1. The fourth-order valence-corrected chi connectivity index (χ4v) is 3.98. The summed E-state index contributed by atoms with van der Waals surface area (Å²) in [6, 6.07) is 12.3. The third-order valence-electron chi connectivity index (χ3n) is 4.58. The molecule has 0 aliphatic carbocycles. The highest BCUT2D eigenvalue weighted by molar-refractivity contribution is 14.0. The van der Waals surface area contributed by atoms with Crippen LogP contribution in [0.4, 0.5) is 10.7 Å². The van der Waals surface area contributed by atoms with Crippen LogP contribution in [0.25, 0.3) is 0 Å². The van der Waals surface area contributed by atoms with Gasteiger partial charge in [0, 0.05) is 52.4 Å². The van der Waals surface area contributed by atoms with Gasteiger partial charge in [0.25, 0.3) is 0 Å². The van der Waals surface area contributed by atoms with E-state index in [1.807, 2.05) is 19.2 Å². The third-order valence-corrected chi connectivity index (χ3v) is 5.51. The molecule has 8 heteroatoms. The Morgan fingerprint density at radius 2 is 1.86 bits per heavy atom. The number of nitrogens with zero attached hydrogens (tertiary/aromatic N) is 3. The van der Waals surface area contributed by atoms with Crippen molar-refractivity contribution in [2.75, 3.05) is 50.0 Å². The summed E-state index contributed by atoms with van der Waals surface area (Å²) >= 11 is 1.80. The molecule has 0 saturated carbocycles. The Labute approximate surface area is 188 Å². The molecule has 1 aromatic heterocycles. The molecule has 28 heavy (non-hydrogen) atoms. The van der Waals surface area contributed by atoms with Gasteiger partial charge in [0.05, 0.1) is 5.00 Å². The zero-order valence-corrected chi connectivity index (χ0v) is 19.5. The average molecular weight is 513 g/mol. The minimum atomic E-state index is -0.0487. The highest BCUT2D eigenvalue weighted by Crippen LogP contribution is 2.22. The van der Waals surface area contributed by atoms with Crippen molar-refractivity contribution in [3.8, 4) is 0 Å². The molecule has 0 bridgehead atoms. The number of halogens is 1. The first kappa shape index (κ1) is 22.5. The maximum Gasteiger partial charge on any atom is 0.221 e. The van der Waals surface area contributed by atoms with Crippen LogP contribution in [0.15, 0.2) is 46.8 Å². The quantitative estimate of drug-likeness (QED) is 0.366. The predicted octanol–water partition coefficient (Wildman–Crippen LogP) is 3.26. The molecule has 1 amide bonds. The van der Waals surface area contributed by atoms with Crippen molar-refractivity contribution in [2.45, 2.75) is 13.3 Å². The van der Waals surface area contributed by atoms with Crippen LogP contribution in [0.1, 0.15) is 12.5 Å². The van der Waals surface area contributed by atoms with Crippen LogP contribution in [-0.2, 0) is 11.2 Å². The van der Waals surface area contributed by atoms with Gasteiger partial charge in [0.1, 0.15) is 0 Å². The number of nitrogens with one attached hydrogen (secondary N) is 2. The molecule has 1 saturated heterocycles. The maximum absolute atomic E-state index is 11.1. The highest BCUT2D eigenvalue weighted by Gasteiger charge is 2.20. The number of rotatable bonds is 5. The number of carbonyl (C=O) groups is 1. The molecule has 152 valence electrons. The first-order valence-corrected chi connectivity index (χ1v) is 10.1. The average Bonchev–Trinajstić information content (AvgIpc) is 3.21. The lowest BCUT2D eigenvalue weighted by molar-refractivity contribution is -0.114. The Kier molecular flexibility index (Phi) is 9.04. The van der Waals surface area contributed by atoms with Crippen LogP contribution in [0.2, 0.25) is 0 Å². The summed E-state index contributed by atoms with van der Waals surface area (Å²) in [7, 11) is 1.84. The lowest BCUT2D eigenvalue weighted by atomic mass is 10.1. The Bertz CT molecular complexity index is 755. The van der Waals surface area contributed by atoms with Gasteiger partial charge in [-0.15, -0.1) is 35.3 Å². The van der Waals surface area contributed by atoms with Crippen molar-refractivity contribution in [1.82, 2.24) is 10.2 Å². The SMILES string of the molecule is CN=C(NCCc1ccc(NC(C)=O)cc1)N1CCN(c2cccs2)CC1.I. The van der Waals surface area contributed by atoms with Crippen LogP contribution in [0.5, 0.6) is 0 Å². The number of hydrogen-bond acceptors (Lipinski definition) is 4. The topological polar surface area (TPSA) is 60.0 Å². The number of aliphatic imine (C=N–C) groups is 1. The number of carbonyl (C=O) groups excluding carboxylic acids is 1. The number of piperazine rings is 1. The van der Waals surface area contributed by atoms with Crippen molar-refractivity contribution in [2.24, 2.45) is 4.99 Å². The summed E-state index contributed by atoms with van der Waals surface area (Å²) in [6.07, 6.45) is 0.911. The van der Waals surface area contributed by atoms with Crippen LogP contribution in [0, 0.1) is 0 Å². The minimum Gasteiger partial charge on any atom is -0.360 e. The number of benzene rings is 1. The molecule has 1 fully saturated rings. The standard InChI is InChI=1S/C20H27N5OS.HI/c1-16(26)23-18-7-5-17(6-8-18)9-10-22-20(21-2)25-13-11-24(12-14-25)19-4-3-15-27-19;/h3-8,15H,9-14H2,1-2H3,(H,21,22)(H,23,26);1H. The van der Waals surface area contributed by atoms with E-state index in [2.05, 4.69) is 55.1 Å². The number of hydrogen-bond donors (Lipinski definition) is 2. The molecular formula is C20H28IN5OS. The second kappa shape index (κ2) is 11.3. The normalized spacial score (nSPS) is 14.4. The van der Waals surface area contributed by atoms with Gasteiger partial charge in [0.2, 0.25) is 5.91 Å². The number of thiophene rings is 1. The van der Waals surface area contributed by atoms with Crippen LogP contribution in [-0.4, -0.2) is 56.5 Å². The van der Waals surface area contributed by atoms with Gasteiger partial charge in [-0.1, -0.05) is 12.1 Å². The molecule has 1 aromatic carbocycles. The van der Waals surface area contributed by atoms with Crippen LogP contribution >= 0.6 is 35.3 Å². The number of amides is 1. The van der Waals surface area contributed by atoms with E-state index >= 15 is 0 Å². The second-order valence-corrected chi connectivity index (χ2v) is 7.45. The maximum atomic E-state index is 11.1. The Balaban J connectivity index is 0.00000280. The largest absolute Gasteiger partial charge is 0.360 e. The summed E-state index contributed by atoms with van der Waals surface area (Å²) in [4.78, 5) is 20.3. The van der Waals surface area contributed by atoms with Crippen LogP contribution in [0.3, 0.4) is 0 Å². The zero-order chi connectivity index (χ0) is 19.1. The lowest BCUT2D eigenvalue weighted by Crippen LogP contribution is -2.52. The molecule has 6 nitrogen and oxygen atoms in total. The molecule has 0 radical (unpaired) electrons. The van der Waals surface area contributed by atoms with E-state index in [4.69, 9.17) is 0 Å². The first-order valence-electron chi connectivity index (χ1n) is 9.26. The van der Waals surface area contributed by atoms with Crippen molar-refractivity contribution >= 4 is 57.9 Å². The number of anilines is 2. The van der Waals surface area contributed by atoms with E-state index in [-0.39, 0.29) is 29.9 Å². The van der Waals surface area contributed by atoms with Gasteiger partial charge in [-0.3, -0.25) is 9.79 Å². The third kappa shape index (κ3) is 6.37. The van der Waals surface area contributed by atoms with Crippen molar-refractivity contribution in [3.05, 3.63) is 47.3 Å². The van der Waals surface area contributed by atoms with E-state index in [9.17, 15) is 4.79 Å². The van der Waals surface area contributed by atoms with Crippen LogP contribution < -0.4 is 15.5 Å². The molecule has 0 atom stereocenters. The molecule has 0 spiro atoms. The summed E-state index contributed by atoms with van der Waals surface area (Å²) in [5.74, 6) is 0.920. The molecule has 2 N–H and O–H groups in total. The van der Waals surface area contributed by atoms with E-state index in [1.54, 1.807) is 11.3 Å².